The fourth-order valence-corrected chi connectivity index (χ4v) is 1.44. The number of hydrogen-bond donors (Lipinski definition) is 0. The molecule has 0 aliphatic rings. The lowest BCUT2D eigenvalue weighted by atomic mass is 10.1. The molecule has 0 N–H and O–H groups in total. The molecule has 0 aliphatic heterocycles. The molecule has 0 radical (unpaired) electrons. The average Bonchev–Trinajstić information content (AvgIpc) is 2.28. The van der Waals surface area contributed by atoms with E-state index in [1.54, 1.807) is 19.1 Å². The number of carbonyl (C=O) groups is 1. The summed E-state index contributed by atoms with van der Waals surface area (Å²) >= 11 is 5.92. The average molecular weight is 243 g/mol. The Morgan fingerprint density at radius 3 is 2.69 bits per heavy atom. The van der Waals surface area contributed by atoms with Gasteiger partial charge in [0.15, 0.2) is 0 Å². The van der Waals surface area contributed by atoms with E-state index in [9.17, 15) is 4.79 Å². The molecule has 0 heterocycles. The molecule has 0 spiro atoms. The molecular weight excluding hydrogens is 228 g/mol. The van der Waals surface area contributed by atoms with E-state index in [1.807, 2.05) is 13.0 Å². The smallest absolute Gasteiger partial charge is 0.339 e. The molecular formula is C12H15ClO3. The molecule has 0 unspecified atom stereocenters. The second-order valence-electron chi connectivity index (χ2n) is 3.17. The first-order chi connectivity index (χ1) is 7.69. The van der Waals surface area contributed by atoms with E-state index in [2.05, 4.69) is 0 Å². The standard InChI is InChI=1S/C12H15ClO3/c1-3-15-8-9-5-6-11(13)10(7-9)12(14)16-4-2/h5-7H,3-4,8H2,1-2H3. The Bertz CT molecular complexity index is 363. The largest absolute Gasteiger partial charge is 0.462 e. The van der Waals surface area contributed by atoms with E-state index in [1.165, 1.54) is 0 Å². The van der Waals surface area contributed by atoms with Crippen molar-refractivity contribution < 1.29 is 14.3 Å². The first kappa shape index (κ1) is 13.0. The van der Waals surface area contributed by atoms with Crippen LogP contribution in [0.25, 0.3) is 0 Å². The zero-order valence-corrected chi connectivity index (χ0v) is 10.2. The monoisotopic (exact) mass is 242 g/mol. The maximum Gasteiger partial charge on any atom is 0.339 e. The highest BCUT2D eigenvalue weighted by atomic mass is 35.5. The zero-order chi connectivity index (χ0) is 12.0. The van der Waals surface area contributed by atoms with E-state index >= 15 is 0 Å². The van der Waals surface area contributed by atoms with Crippen molar-refractivity contribution in [3.8, 4) is 0 Å². The predicted molar refractivity (Wildman–Crippen MR) is 62.7 cm³/mol. The summed E-state index contributed by atoms with van der Waals surface area (Å²) in [5.41, 5.74) is 1.30. The summed E-state index contributed by atoms with van der Waals surface area (Å²) in [6.07, 6.45) is 0. The van der Waals surface area contributed by atoms with Crippen molar-refractivity contribution in [3.63, 3.8) is 0 Å². The highest BCUT2D eigenvalue weighted by Crippen LogP contribution is 2.19. The topological polar surface area (TPSA) is 35.5 Å². The van der Waals surface area contributed by atoms with Gasteiger partial charge < -0.3 is 9.47 Å². The molecule has 0 amide bonds. The van der Waals surface area contributed by atoms with E-state index in [0.29, 0.717) is 30.4 Å². The summed E-state index contributed by atoms with van der Waals surface area (Å²) < 4.78 is 10.2. The second kappa shape index (κ2) is 6.51. The van der Waals surface area contributed by atoms with Crippen molar-refractivity contribution in [1.82, 2.24) is 0 Å². The Hall–Kier alpha value is -1.06. The van der Waals surface area contributed by atoms with E-state index in [0.717, 1.165) is 5.56 Å². The zero-order valence-electron chi connectivity index (χ0n) is 9.46. The second-order valence-corrected chi connectivity index (χ2v) is 3.58. The molecule has 0 bridgehead atoms. The molecule has 1 aromatic carbocycles. The van der Waals surface area contributed by atoms with Gasteiger partial charge in [-0.15, -0.1) is 0 Å². The Morgan fingerprint density at radius 1 is 1.31 bits per heavy atom. The van der Waals surface area contributed by atoms with Crippen molar-refractivity contribution in [2.24, 2.45) is 0 Å². The van der Waals surface area contributed by atoms with Gasteiger partial charge in [0, 0.05) is 6.61 Å². The van der Waals surface area contributed by atoms with Gasteiger partial charge in [0.05, 0.1) is 23.8 Å². The third kappa shape index (κ3) is 3.51. The van der Waals surface area contributed by atoms with Gasteiger partial charge >= 0.3 is 5.97 Å². The van der Waals surface area contributed by atoms with Crippen LogP contribution >= 0.6 is 11.6 Å². The summed E-state index contributed by atoms with van der Waals surface area (Å²) in [5, 5.41) is 0.402. The molecule has 0 aliphatic carbocycles. The Morgan fingerprint density at radius 2 is 2.06 bits per heavy atom. The Balaban J connectivity index is 2.85. The predicted octanol–water partition coefficient (Wildman–Crippen LogP) is 3.05. The normalized spacial score (nSPS) is 10.2. The fraction of sp³-hybridized carbons (Fsp3) is 0.417. The van der Waals surface area contributed by atoms with Crippen LogP contribution in [0.3, 0.4) is 0 Å². The SMILES string of the molecule is CCOCc1ccc(Cl)c(C(=O)OCC)c1. The van der Waals surface area contributed by atoms with Crippen molar-refractivity contribution in [1.29, 1.82) is 0 Å². The van der Waals surface area contributed by atoms with Crippen LogP contribution in [0, 0.1) is 0 Å². The van der Waals surface area contributed by atoms with Crippen LogP contribution in [-0.2, 0) is 16.1 Å². The quantitative estimate of drug-likeness (QED) is 0.745. The summed E-state index contributed by atoms with van der Waals surface area (Å²) in [7, 11) is 0. The minimum absolute atomic E-state index is 0.338. The van der Waals surface area contributed by atoms with Crippen molar-refractivity contribution in [3.05, 3.63) is 34.3 Å². The van der Waals surface area contributed by atoms with Crippen LogP contribution in [0.1, 0.15) is 29.8 Å². The van der Waals surface area contributed by atoms with Crippen LogP contribution in [-0.4, -0.2) is 19.2 Å². The number of hydrogen-bond acceptors (Lipinski definition) is 3. The molecule has 1 rings (SSSR count). The van der Waals surface area contributed by atoms with E-state index in [4.69, 9.17) is 21.1 Å². The Labute approximate surface area is 100 Å². The molecule has 0 aromatic heterocycles. The molecule has 1 aromatic rings. The minimum atomic E-state index is -0.397. The van der Waals surface area contributed by atoms with Gasteiger partial charge in [-0.2, -0.15) is 0 Å². The minimum Gasteiger partial charge on any atom is -0.462 e. The summed E-state index contributed by atoms with van der Waals surface area (Å²) in [6.45, 7) is 5.13. The van der Waals surface area contributed by atoms with Gasteiger partial charge in [-0.25, -0.2) is 4.79 Å². The molecule has 0 atom stereocenters. The molecule has 0 saturated heterocycles. The first-order valence-corrected chi connectivity index (χ1v) is 5.60. The highest BCUT2D eigenvalue weighted by molar-refractivity contribution is 6.33. The molecule has 0 saturated carbocycles. The third-order valence-corrected chi connectivity index (χ3v) is 2.33. The van der Waals surface area contributed by atoms with Crippen molar-refractivity contribution in [2.75, 3.05) is 13.2 Å². The number of rotatable bonds is 5. The number of carbonyl (C=O) groups excluding carboxylic acids is 1. The number of benzene rings is 1. The number of ether oxygens (including phenoxy) is 2. The van der Waals surface area contributed by atoms with Crippen LogP contribution in [0.2, 0.25) is 5.02 Å². The van der Waals surface area contributed by atoms with Gasteiger partial charge in [-0.3, -0.25) is 0 Å². The van der Waals surface area contributed by atoms with E-state index in [-0.39, 0.29) is 0 Å². The lowest BCUT2D eigenvalue weighted by molar-refractivity contribution is 0.0526. The van der Waals surface area contributed by atoms with Crippen molar-refractivity contribution in [2.45, 2.75) is 20.5 Å². The summed E-state index contributed by atoms with van der Waals surface area (Å²) in [4.78, 5) is 11.5. The van der Waals surface area contributed by atoms with Gasteiger partial charge in [-0.1, -0.05) is 17.7 Å². The maximum absolute atomic E-state index is 11.5. The highest BCUT2D eigenvalue weighted by Gasteiger charge is 2.11. The fourth-order valence-electron chi connectivity index (χ4n) is 1.25. The van der Waals surface area contributed by atoms with Crippen LogP contribution in [0.4, 0.5) is 0 Å². The lowest BCUT2D eigenvalue weighted by Crippen LogP contribution is -2.06. The lowest BCUT2D eigenvalue weighted by Gasteiger charge is -2.07. The first-order valence-electron chi connectivity index (χ1n) is 5.22. The van der Waals surface area contributed by atoms with Gasteiger partial charge in [-0.05, 0) is 31.5 Å². The molecule has 4 heteroatoms. The maximum atomic E-state index is 11.5. The molecule has 3 nitrogen and oxygen atoms in total. The molecule has 88 valence electrons. The van der Waals surface area contributed by atoms with Gasteiger partial charge in [0.1, 0.15) is 0 Å². The van der Waals surface area contributed by atoms with Gasteiger partial charge in [0.2, 0.25) is 0 Å². The van der Waals surface area contributed by atoms with Gasteiger partial charge in [0.25, 0.3) is 0 Å². The van der Waals surface area contributed by atoms with Crippen molar-refractivity contribution >= 4 is 17.6 Å². The van der Waals surface area contributed by atoms with Crippen LogP contribution in [0.5, 0.6) is 0 Å². The van der Waals surface area contributed by atoms with E-state index < -0.39 is 5.97 Å². The number of esters is 1. The summed E-state index contributed by atoms with van der Waals surface area (Å²) in [6, 6.07) is 5.22. The number of halogens is 1. The Kier molecular flexibility index (Phi) is 5.29. The molecule has 16 heavy (non-hydrogen) atoms. The molecule has 0 fully saturated rings. The summed E-state index contributed by atoms with van der Waals surface area (Å²) in [5.74, 6) is -0.397. The van der Waals surface area contributed by atoms with Crippen LogP contribution < -0.4 is 0 Å². The van der Waals surface area contributed by atoms with Crippen LogP contribution in [0.15, 0.2) is 18.2 Å². The third-order valence-electron chi connectivity index (χ3n) is 2.00.